The molecular weight excluding hydrogens is 320 g/mol. The molecule has 0 spiro atoms. The maximum Gasteiger partial charge on any atom is 0.136 e. The fraction of sp³-hybridized carbons (Fsp3) is 0.421. The van der Waals surface area contributed by atoms with Crippen molar-refractivity contribution in [1.29, 1.82) is 5.26 Å². The fourth-order valence-electron chi connectivity index (χ4n) is 3.14. The molecule has 2 unspecified atom stereocenters. The summed E-state index contributed by atoms with van der Waals surface area (Å²) in [6, 6.07) is 11.4. The van der Waals surface area contributed by atoms with Crippen molar-refractivity contribution in [2.75, 3.05) is 26.9 Å². The van der Waals surface area contributed by atoms with Crippen molar-refractivity contribution < 1.29 is 19.0 Å². The quantitative estimate of drug-likeness (QED) is 0.869. The van der Waals surface area contributed by atoms with Gasteiger partial charge in [0.25, 0.3) is 0 Å². The summed E-state index contributed by atoms with van der Waals surface area (Å²) in [6.07, 6.45) is 1.44. The van der Waals surface area contributed by atoms with Gasteiger partial charge in [-0.1, -0.05) is 6.07 Å². The van der Waals surface area contributed by atoms with Gasteiger partial charge in [0.2, 0.25) is 0 Å². The van der Waals surface area contributed by atoms with E-state index in [1.54, 1.807) is 25.5 Å². The summed E-state index contributed by atoms with van der Waals surface area (Å²) in [4.78, 5) is 2.28. The van der Waals surface area contributed by atoms with E-state index in [1.807, 2.05) is 18.2 Å². The smallest absolute Gasteiger partial charge is 0.136 e. The second-order valence-corrected chi connectivity index (χ2v) is 6.11. The zero-order valence-electron chi connectivity index (χ0n) is 14.2. The number of furan rings is 1. The number of methoxy groups -OCH3 is 1. The third kappa shape index (κ3) is 4.20. The van der Waals surface area contributed by atoms with E-state index in [1.165, 1.54) is 0 Å². The standard InChI is InChI=1S/C19H22N2O4/c1-23-18-5-4-14(9-15(18)11-20)12-21-6-8-24-13-16(21)10-17(22)19-3-2-7-25-19/h2-5,7,9,16-17,22H,6,8,10,12-13H2,1H3. The molecule has 2 atom stereocenters. The molecule has 0 saturated carbocycles. The van der Waals surface area contributed by atoms with Gasteiger partial charge in [0.15, 0.2) is 0 Å². The lowest BCUT2D eigenvalue weighted by Gasteiger charge is -2.36. The Balaban J connectivity index is 1.70. The molecule has 1 aromatic heterocycles. The van der Waals surface area contributed by atoms with E-state index in [0.717, 1.165) is 12.1 Å². The molecule has 6 heteroatoms. The Kier molecular flexibility index (Phi) is 5.71. The van der Waals surface area contributed by atoms with Crippen molar-refractivity contribution in [2.45, 2.75) is 25.1 Å². The van der Waals surface area contributed by atoms with Gasteiger partial charge in [0.05, 0.1) is 32.2 Å². The minimum Gasteiger partial charge on any atom is -0.495 e. The summed E-state index contributed by atoms with van der Waals surface area (Å²) in [5, 5.41) is 19.6. The van der Waals surface area contributed by atoms with Gasteiger partial charge in [-0.05, 0) is 36.2 Å². The molecule has 1 fully saturated rings. The highest BCUT2D eigenvalue weighted by molar-refractivity contribution is 5.45. The van der Waals surface area contributed by atoms with E-state index in [4.69, 9.17) is 13.9 Å². The summed E-state index contributed by atoms with van der Waals surface area (Å²) >= 11 is 0. The Morgan fingerprint density at radius 3 is 3.04 bits per heavy atom. The van der Waals surface area contributed by atoms with Crippen LogP contribution in [0.25, 0.3) is 0 Å². The SMILES string of the molecule is COc1ccc(CN2CCOCC2CC(O)c2ccco2)cc1C#N. The van der Waals surface area contributed by atoms with Crippen molar-refractivity contribution >= 4 is 0 Å². The topological polar surface area (TPSA) is 78.9 Å². The van der Waals surface area contributed by atoms with Crippen molar-refractivity contribution in [3.8, 4) is 11.8 Å². The first-order valence-electron chi connectivity index (χ1n) is 8.31. The molecule has 0 amide bonds. The van der Waals surface area contributed by atoms with E-state index < -0.39 is 6.10 Å². The highest BCUT2D eigenvalue weighted by Crippen LogP contribution is 2.25. The van der Waals surface area contributed by atoms with Crippen LogP contribution >= 0.6 is 0 Å². The summed E-state index contributed by atoms with van der Waals surface area (Å²) in [7, 11) is 1.56. The number of nitriles is 1. The molecule has 1 aliphatic heterocycles. The molecule has 0 bridgehead atoms. The average molecular weight is 342 g/mol. The maximum atomic E-state index is 10.4. The Morgan fingerprint density at radius 1 is 1.44 bits per heavy atom. The van der Waals surface area contributed by atoms with Crippen LogP contribution in [0.1, 0.15) is 29.4 Å². The predicted octanol–water partition coefficient (Wildman–Crippen LogP) is 2.48. The second-order valence-electron chi connectivity index (χ2n) is 6.11. The van der Waals surface area contributed by atoms with Gasteiger partial charge < -0.3 is 19.0 Å². The number of rotatable bonds is 6. The molecule has 132 valence electrons. The molecule has 0 radical (unpaired) electrons. The van der Waals surface area contributed by atoms with E-state index in [9.17, 15) is 10.4 Å². The number of aliphatic hydroxyl groups excluding tert-OH is 1. The highest BCUT2D eigenvalue weighted by Gasteiger charge is 2.27. The van der Waals surface area contributed by atoms with Crippen molar-refractivity contribution in [3.63, 3.8) is 0 Å². The largest absolute Gasteiger partial charge is 0.495 e. The van der Waals surface area contributed by atoms with E-state index >= 15 is 0 Å². The third-order valence-electron chi connectivity index (χ3n) is 4.49. The molecule has 2 heterocycles. The molecule has 25 heavy (non-hydrogen) atoms. The molecule has 2 aromatic rings. The second kappa shape index (κ2) is 8.17. The van der Waals surface area contributed by atoms with Crippen LogP contribution in [0.5, 0.6) is 5.75 Å². The Morgan fingerprint density at radius 2 is 2.32 bits per heavy atom. The number of nitrogens with zero attached hydrogens (tertiary/aromatic N) is 2. The average Bonchev–Trinajstić information content (AvgIpc) is 3.18. The number of ether oxygens (including phenoxy) is 2. The first-order valence-corrected chi connectivity index (χ1v) is 8.31. The molecule has 0 aliphatic carbocycles. The van der Waals surface area contributed by atoms with Crippen LogP contribution in [0.2, 0.25) is 0 Å². The number of hydrogen-bond donors (Lipinski definition) is 1. The van der Waals surface area contributed by atoms with Crippen molar-refractivity contribution in [3.05, 3.63) is 53.5 Å². The number of hydrogen-bond acceptors (Lipinski definition) is 6. The van der Waals surface area contributed by atoms with Gasteiger partial charge in [0, 0.05) is 19.1 Å². The fourth-order valence-corrected chi connectivity index (χ4v) is 3.14. The van der Waals surface area contributed by atoms with Gasteiger partial charge in [-0.15, -0.1) is 0 Å². The van der Waals surface area contributed by atoms with E-state index in [-0.39, 0.29) is 6.04 Å². The lowest BCUT2D eigenvalue weighted by molar-refractivity contribution is -0.0323. The van der Waals surface area contributed by atoms with Gasteiger partial charge in [0.1, 0.15) is 23.7 Å². The highest BCUT2D eigenvalue weighted by atomic mass is 16.5. The zero-order valence-corrected chi connectivity index (χ0v) is 14.2. The summed E-state index contributed by atoms with van der Waals surface area (Å²) < 4.78 is 16.1. The molecule has 1 N–H and O–H groups in total. The van der Waals surface area contributed by atoms with Crippen LogP contribution in [0.3, 0.4) is 0 Å². The van der Waals surface area contributed by atoms with Crippen LogP contribution in [-0.4, -0.2) is 42.9 Å². The van der Waals surface area contributed by atoms with Gasteiger partial charge >= 0.3 is 0 Å². The molecule has 1 aromatic carbocycles. The van der Waals surface area contributed by atoms with E-state index in [0.29, 0.717) is 43.3 Å². The van der Waals surface area contributed by atoms with Gasteiger partial charge in [-0.25, -0.2) is 0 Å². The van der Waals surface area contributed by atoms with Crippen LogP contribution in [0.4, 0.5) is 0 Å². The Labute approximate surface area is 147 Å². The van der Waals surface area contributed by atoms with Crippen LogP contribution in [0.15, 0.2) is 41.0 Å². The lowest BCUT2D eigenvalue weighted by Crippen LogP contribution is -2.45. The maximum absolute atomic E-state index is 10.4. The van der Waals surface area contributed by atoms with Crippen LogP contribution < -0.4 is 4.74 Å². The number of morpholine rings is 1. The monoisotopic (exact) mass is 342 g/mol. The predicted molar refractivity (Wildman–Crippen MR) is 91.0 cm³/mol. The molecule has 3 rings (SSSR count). The van der Waals surface area contributed by atoms with Crippen LogP contribution in [-0.2, 0) is 11.3 Å². The summed E-state index contributed by atoms with van der Waals surface area (Å²) in [5.41, 5.74) is 1.57. The number of benzene rings is 1. The molecular formula is C19H22N2O4. The Hall–Kier alpha value is -2.33. The third-order valence-corrected chi connectivity index (χ3v) is 4.49. The lowest BCUT2D eigenvalue weighted by atomic mass is 10.0. The minimum atomic E-state index is -0.658. The summed E-state index contributed by atoms with van der Waals surface area (Å²) in [5.74, 6) is 1.15. The number of aliphatic hydroxyl groups is 1. The van der Waals surface area contributed by atoms with Gasteiger partial charge in [-0.2, -0.15) is 5.26 Å². The first kappa shape index (κ1) is 17.5. The summed E-state index contributed by atoms with van der Waals surface area (Å²) in [6.45, 7) is 2.70. The van der Waals surface area contributed by atoms with Crippen LogP contribution in [0, 0.1) is 11.3 Å². The first-order chi connectivity index (χ1) is 12.2. The van der Waals surface area contributed by atoms with Crippen molar-refractivity contribution in [1.82, 2.24) is 4.90 Å². The Bertz CT molecular complexity index is 724. The zero-order chi connectivity index (χ0) is 17.6. The minimum absolute atomic E-state index is 0.0847. The normalized spacial score (nSPS) is 19.3. The van der Waals surface area contributed by atoms with Crippen molar-refractivity contribution in [2.24, 2.45) is 0 Å². The molecule has 6 nitrogen and oxygen atoms in total. The van der Waals surface area contributed by atoms with E-state index in [2.05, 4.69) is 11.0 Å². The molecule has 1 aliphatic rings. The molecule has 1 saturated heterocycles. The van der Waals surface area contributed by atoms with Gasteiger partial charge in [-0.3, -0.25) is 4.90 Å².